The fraction of sp³-hybridized carbons (Fsp3) is 1.00. The first-order chi connectivity index (χ1) is 13.8. The highest BCUT2D eigenvalue weighted by Gasteiger charge is 2.65. The van der Waals surface area contributed by atoms with E-state index in [0.717, 1.165) is 62.4 Å². The largest absolute Gasteiger partial charge is 0.350 e. The van der Waals surface area contributed by atoms with Gasteiger partial charge in [-0.2, -0.15) is 0 Å². The van der Waals surface area contributed by atoms with Crippen LogP contribution in [0.25, 0.3) is 0 Å². The zero-order chi connectivity index (χ0) is 18.3. The minimum atomic E-state index is -0.228. The van der Waals surface area contributed by atoms with E-state index >= 15 is 0 Å². The molecule has 6 saturated carbocycles. The van der Waals surface area contributed by atoms with Crippen molar-refractivity contribution in [3.05, 3.63) is 0 Å². The lowest BCUT2D eigenvalue weighted by atomic mass is 9.46. The zero-order valence-corrected chi connectivity index (χ0v) is 17.2. The summed E-state index contributed by atoms with van der Waals surface area (Å²) in [5.74, 6) is 5.66. The minimum absolute atomic E-state index is 0.211. The van der Waals surface area contributed by atoms with Gasteiger partial charge >= 0.3 is 0 Å². The van der Waals surface area contributed by atoms with E-state index in [1.807, 2.05) is 0 Å². The van der Waals surface area contributed by atoms with Crippen molar-refractivity contribution >= 4 is 0 Å². The number of hydrogen-bond acceptors (Lipinski definition) is 4. The normalized spacial score (nSPS) is 56.6. The van der Waals surface area contributed by atoms with Crippen molar-refractivity contribution in [2.24, 2.45) is 47.3 Å². The maximum absolute atomic E-state index is 6.57. The molecule has 8 rings (SSSR count). The second-order valence-electron chi connectivity index (χ2n) is 11.3. The van der Waals surface area contributed by atoms with Gasteiger partial charge in [0.25, 0.3) is 0 Å². The zero-order valence-electron chi connectivity index (χ0n) is 17.2. The fourth-order valence-electron chi connectivity index (χ4n) is 9.43. The maximum Gasteiger partial charge on any atom is 0.174 e. The van der Waals surface area contributed by atoms with E-state index in [0.29, 0.717) is 17.8 Å². The molecule has 0 N–H and O–H groups in total. The highest BCUT2D eigenvalue weighted by Crippen LogP contribution is 2.65. The van der Waals surface area contributed by atoms with Crippen molar-refractivity contribution in [3.63, 3.8) is 0 Å². The second kappa shape index (κ2) is 6.18. The van der Waals surface area contributed by atoms with E-state index in [1.54, 1.807) is 0 Å². The smallest absolute Gasteiger partial charge is 0.174 e. The Hall–Kier alpha value is -0.160. The van der Waals surface area contributed by atoms with Gasteiger partial charge in [-0.05, 0) is 87.4 Å². The Bertz CT molecular complexity index is 618. The lowest BCUT2D eigenvalue weighted by Crippen LogP contribution is -2.63. The molecular weight excluding hydrogens is 352 g/mol. The molecule has 28 heavy (non-hydrogen) atoms. The van der Waals surface area contributed by atoms with E-state index in [-0.39, 0.29) is 11.6 Å². The molecule has 7 atom stereocenters. The molecule has 0 aromatic rings. The molecule has 156 valence electrons. The average molecular weight is 389 g/mol. The Labute approximate surface area is 169 Å². The minimum Gasteiger partial charge on any atom is -0.350 e. The van der Waals surface area contributed by atoms with Gasteiger partial charge in [0.1, 0.15) is 0 Å². The first kappa shape index (κ1) is 17.5. The third kappa shape index (κ3) is 2.32. The molecular formula is C24H36O4. The molecule has 4 heteroatoms. The van der Waals surface area contributed by atoms with E-state index in [1.165, 1.54) is 57.8 Å². The quantitative estimate of drug-likeness (QED) is 0.668. The molecule has 2 aliphatic heterocycles. The van der Waals surface area contributed by atoms with Crippen molar-refractivity contribution in [3.8, 4) is 0 Å². The van der Waals surface area contributed by atoms with Gasteiger partial charge in [0.15, 0.2) is 11.6 Å². The third-order valence-electron chi connectivity index (χ3n) is 10.2. The molecule has 6 bridgehead atoms. The highest BCUT2D eigenvalue weighted by molar-refractivity contribution is 5.09. The van der Waals surface area contributed by atoms with Crippen LogP contribution in [0.15, 0.2) is 0 Å². The van der Waals surface area contributed by atoms with Crippen molar-refractivity contribution < 1.29 is 18.9 Å². The summed E-state index contributed by atoms with van der Waals surface area (Å²) < 4.78 is 26.0. The van der Waals surface area contributed by atoms with E-state index in [9.17, 15) is 0 Å². The van der Waals surface area contributed by atoms with Crippen LogP contribution in [0.5, 0.6) is 0 Å². The van der Waals surface area contributed by atoms with Crippen LogP contribution in [-0.4, -0.2) is 38.0 Å². The van der Waals surface area contributed by atoms with Crippen molar-refractivity contribution in [2.75, 3.05) is 26.4 Å². The number of rotatable bonds is 1. The summed E-state index contributed by atoms with van der Waals surface area (Å²) in [6.45, 7) is 3.39. The molecule has 0 amide bonds. The van der Waals surface area contributed by atoms with E-state index < -0.39 is 0 Å². The van der Waals surface area contributed by atoms with Crippen LogP contribution in [0.1, 0.15) is 64.2 Å². The SMILES string of the molecule is C1CC(C2C3CC4CC(C3)C3(OCCO3)C2C4)CCOC2(CC3CCC2C3)O1. The summed E-state index contributed by atoms with van der Waals surface area (Å²) in [6.07, 6.45) is 13.1. The molecule has 8 fully saturated rings. The molecule has 4 nitrogen and oxygen atoms in total. The molecule has 2 spiro atoms. The standard InChI is InChI=1S/C24H36O4/c1-2-19-10-15(1)14-23(19)25-5-3-17(4-6-26-23)22-18-9-16-11-20(13-18)24(21(22)12-16)27-7-8-28-24/h15-22H,1-14H2. The Morgan fingerprint density at radius 2 is 1.36 bits per heavy atom. The Balaban J connectivity index is 1.11. The van der Waals surface area contributed by atoms with Crippen LogP contribution in [-0.2, 0) is 18.9 Å². The predicted molar refractivity (Wildman–Crippen MR) is 103 cm³/mol. The Morgan fingerprint density at radius 3 is 2.07 bits per heavy atom. The van der Waals surface area contributed by atoms with Gasteiger partial charge in [-0.15, -0.1) is 0 Å². The summed E-state index contributed by atoms with van der Waals surface area (Å²) in [6, 6.07) is 0. The number of ether oxygens (including phenoxy) is 4. The summed E-state index contributed by atoms with van der Waals surface area (Å²) in [5.41, 5.74) is 0. The van der Waals surface area contributed by atoms with Crippen molar-refractivity contribution in [1.82, 2.24) is 0 Å². The lowest BCUT2D eigenvalue weighted by molar-refractivity contribution is -0.316. The van der Waals surface area contributed by atoms with E-state index in [2.05, 4.69) is 0 Å². The average Bonchev–Trinajstić information content (AvgIpc) is 3.40. The Kier molecular flexibility index (Phi) is 3.87. The van der Waals surface area contributed by atoms with Gasteiger partial charge in [0.05, 0.1) is 26.4 Å². The number of fused-ring (bicyclic) bond motifs is 3. The molecule has 8 aliphatic rings. The predicted octanol–water partition coefficient (Wildman–Crippen LogP) is 4.37. The molecule has 0 radical (unpaired) electrons. The van der Waals surface area contributed by atoms with Gasteiger partial charge in [-0.25, -0.2) is 0 Å². The third-order valence-corrected chi connectivity index (χ3v) is 10.2. The second-order valence-corrected chi connectivity index (χ2v) is 11.3. The van der Waals surface area contributed by atoms with Gasteiger partial charge < -0.3 is 18.9 Å². The van der Waals surface area contributed by atoms with Gasteiger partial charge in [0.2, 0.25) is 0 Å². The van der Waals surface area contributed by atoms with Crippen LogP contribution in [0.4, 0.5) is 0 Å². The molecule has 2 heterocycles. The van der Waals surface area contributed by atoms with Crippen molar-refractivity contribution in [2.45, 2.75) is 75.8 Å². The maximum atomic E-state index is 6.57. The molecule has 6 aliphatic carbocycles. The van der Waals surface area contributed by atoms with Crippen LogP contribution >= 0.6 is 0 Å². The monoisotopic (exact) mass is 388 g/mol. The van der Waals surface area contributed by atoms with Crippen molar-refractivity contribution in [1.29, 1.82) is 0 Å². The van der Waals surface area contributed by atoms with Crippen LogP contribution in [0, 0.1) is 47.3 Å². The summed E-state index contributed by atoms with van der Waals surface area (Å²) >= 11 is 0. The fourth-order valence-corrected chi connectivity index (χ4v) is 9.43. The molecule has 7 unspecified atom stereocenters. The highest BCUT2D eigenvalue weighted by atomic mass is 16.7. The summed E-state index contributed by atoms with van der Waals surface area (Å²) in [4.78, 5) is 0. The molecule has 2 saturated heterocycles. The van der Waals surface area contributed by atoms with Crippen LogP contribution < -0.4 is 0 Å². The lowest BCUT2D eigenvalue weighted by Gasteiger charge is -2.63. The Morgan fingerprint density at radius 1 is 0.571 bits per heavy atom. The van der Waals surface area contributed by atoms with Gasteiger partial charge in [0, 0.05) is 24.2 Å². The van der Waals surface area contributed by atoms with Crippen LogP contribution in [0.3, 0.4) is 0 Å². The van der Waals surface area contributed by atoms with Gasteiger partial charge in [-0.3, -0.25) is 0 Å². The van der Waals surface area contributed by atoms with Crippen LogP contribution in [0.2, 0.25) is 0 Å². The summed E-state index contributed by atoms with van der Waals surface area (Å²) in [5, 5.41) is 0. The van der Waals surface area contributed by atoms with Gasteiger partial charge in [-0.1, -0.05) is 0 Å². The topological polar surface area (TPSA) is 36.9 Å². The first-order valence-electron chi connectivity index (χ1n) is 12.3. The molecule has 0 aromatic carbocycles. The first-order valence-corrected chi connectivity index (χ1v) is 12.3. The summed E-state index contributed by atoms with van der Waals surface area (Å²) in [7, 11) is 0. The molecule has 0 aromatic heterocycles. The number of hydrogen-bond donors (Lipinski definition) is 0. The van der Waals surface area contributed by atoms with E-state index in [4.69, 9.17) is 18.9 Å².